The summed E-state index contributed by atoms with van der Waals surface area (Å²) in [6, 6.07) is 8.73. The molecule has 2 aromatic carbocycles. The number of halogens is 2. The summed E-state index contributed by atoms with van der Waals surface area (Å²) < 4.78 is 26.7. The van der Waals surface area contributed by atoms with Gasteiger partial charge in [0.1, 0.15) is 11.6 Å². The van der Waals surface area contributed by atoms with Crippen LogP contribution in [0.3, 0.4) is 0 Å². The van der Waals surface area contributed by atoms with Gasteiger partial charge in [-0.3, -0.25) is 4.79 Å². The molecule has 7 heteroatoms. The summed E-state index contributed by atoms with van der Waals surface area (Å²) in [4.78, 5) is 11.0. The van der Waals surface area contributed by atoms with E-state index >= 15 is 0 Å². The predicted molar refractivity (Wildman–Crippen MR) is 94.0 cm³/mol. The van der Waals surface area contributed by atoms with Crippen molar-refractivity contribution in [2.75, 3.05) is 11.9 Å². The zero-order valence-electron chi connectivity index (χ0n) is 13.0. The van der Waals surface area contributed by atoms with Gasteiger partial charge in [-0.25, -0.2) is 8.78 Å². The zero-order chi connectivity index (χ0) is 17.7. The number of benzene rings is 2. The molecule has 0 aliphatic rings. The van der Waals surface area contributed by atoms with Crippen LogP contribution in [0.1, 0.15) is 21.5 Å². The van der Waals surface area contributed by atoms with Crippen LogP contribution in [-0.4, -0.2) is 17.6 Å². The lowest BCUT2D eigenvalue weighted by molar-refractivity contribution is 0.100. The van der Waals surface area contributed by atoms with Gasteiger partial charge in [0.05, 0.1) is 0 Å². The number of nitrogens with one attached hydrogen (secondary N) is 2. The van der Waals surface area contributed by atoms with Gasteiger partial charge in [0.25, 0.3) is 0 Å². The molecule has 0 saturated heterocycles. The summed E-state index contributed by atoms with van der Waals surface area (Å²) in [5.41, 5.74) is 7.29. The van der Waals surface area contributed by atoms with E-state index in [1.807, 2.05) is 0 Å². The lowest BCUT2D eigenvalue weighted by atomic mass is 10.1. The van der Waals surface area contributed by atoms with Gasteiger partial charge in [-0.2, -0.15) is 0 Å². The molecule has 0 atom stereocenters. The van der Waals surface area contributed by atoms with Crippen molar-refractivity contribution in [1.82, 2.24) is 5.32 Å². The molecular weight excluding hydrogens is 332 g/mol. The minimum Gasteiger partial charge on any atom is -0.366 e. The molecule has 1 amide bonds. The predicted octanol–water partition coefficient (Wildman–Crippen LogP) is 2.90. The molecule has 24 heavy (non-hydrogen) atoms. The molecular formula is C17H17F2N3OS. The van der Waals surface area contributed by atoms with E-state index in [-0.39, 0.29) is 0 Å². The number of rotatable bonds is 5. The Labute approximate surface area is 144 Å². The van der Waals surface area contributed by atoms with Crippen molar-refractivity contribution in [1.29, 1.82) is 0 Å². The Kier molecular flexibility index (Phi) is 5.81. The molecule has 0 radical (unpaired) electrons. The van der Waals surface area contributed by atoms with Crippen LogP contribution in [0.25, 0.3) is 0 Å². The fraction of sp³-hybridized carbons (Fsp3) is 0.176. The third-order valence-corrected chi connectivity index (χ3v) is 3.77. The average Bonchev–Trinajstić information content (AvgIpc) is 2.52. The van der Waals surface area contributed by atoms with Crippen molar-refractivity contribution in [3.05, 3.63) is 64.7 Å². The third kappa shape index (κ3) is 4.73. The smallest absolute Gasteiger partial charge is 0.248 e. The second-order valence-corrected chi connectivity index (χ2v) is 5.65. The molecule has 4 N–H and O–H groups in total. The van der Waals surface area contributed by atoms with Crippen LogP contribution >= 0.6 is 12.2 Å². The van der Waals surface area contributed by atoms with Crippen molar-refractivity contribution >= 4 is 28.9 Å². The second-order valence-electron chi connectivity index (χ2n) is 5.24. The molecule has 0 heterocycles. The monoisotopic (exact) mass is 349 g/mol. The summed E-state index contributed by atoms with van der Waals surface area (Å²) >= 11 is 5.16. The second kappa shape index (κ2) is 7.83. The van der Waals surface area contributed by atoms with E-state index in [4.69, 9.17) is 18.0 Å². The van der Waals surface area contributed by atoms with Gasteiger partial charge in [0.2, 0.25) is 5.91 Å². The molecule has 2 rings (SSSR count). The van der Waals surface area contributed by atoms with Gasteiger partial charge in [-0.05, 0) is 67.0 Å². The summed E-state index contributed by atoms with van der Waals surface area (Å²) in [6.07, 6.45) is 0.433. The summed E-state index contributed by atoms with van der Waals surface area (Å²) in [5, 5.41) is 6.29. The Morgan fingerprint density at radius 3 is 2.50 bits per heavy atom. The molecule has 0 saturated carbocycles. The lowest BCUT2D eigenvalue weighted by Gasteiger charge is -2.12. The van der Waals surface area contributed by atoms with Crippen LogP contribution in [0.2, 0.25) is 0 Å². The summed E-state index contributed by atoms with van der Waals surface area (Å²) in [6.45, 7) is 2.04. The Hall–Kier alpha value is -2.54. The van der Waals surface area contributed by atoms with Crippen LogP contribution in [0.5, 0.6) is 0 Å². The van der Waals surface area contributed by atoms with Crippen LogP contribution in [-0.2, 0) is 6.42 Å². The van der Waals surface area contributed by atoms with Crippen LogP contribution in [0, 0.1) is 18.6 Å². The van der Waals surface area contributed by atoms with E-state index in [0.717, 1.165) is 6.07 Å². The van der Waals surface area contributed by atoms with Crippen molar-refractivity contribution in [2.45, 2.75) is 13.3 Å². The van der Waals surface area contributed by atoms with E-state index in [0.29, 0.717) is 40.5 Å². The number of hydrogen-bond donors (Lipinski definition) is 3. The normalized spacial score (nSPS) is 10.3. The van der Waals surface area contributed by atoms with Crippen molar-refractivity contribution in [3.63, 3.8) is 0 Å². The Balaban J connectivity index is 1.86. The molecule has 126 valence electrons. The van der Waals surface area contributed by atoms with Crippen molar-refractivity contribution in [3.8, 4) is 0 Å². The molecule has 0 spiro atoms. The minimum atomic E-state index is -0.594. The van der Waals surface area contributed by atoms with Crippen molar-refractivity contribution < 1.29 is 13.6 Å². The van der Waals surface area contributed by atoms with Gasteiger partial charge >= 0.3 is 0 Å². The SMILES string of the molecule is Cc1c(F)cc(F)cc1CCNC(=S)Nc1ccc(C(N)=O)cc1. The highest BCUT2D eigenvalue weighted by atomic mass is 32.1. The number of hydrogen-bond acceptors (Lipinski definition) is 2. The van der Waals surface area contributed by atoms with E-state index in [1.165, 1.54) is 6.07 Å². The summed E-state index contributed by atoms with van der Waals surface area (Å²) in [7, 11) is 0. The Bertz CT molecular complexity index is 763. The van der Waals surface area contributed by atoms with E-state index in [1.54, 1.807) is 31.2 Å². The lowest BCUT2D eigenvalue weighted by Crippen LogP contribution is -2.30. The van der Waals surface area contributed by atoms with Crippen LogP contribution in [0.15, 0.2) is 36.4 Å². The highest BCUT2D eigenvalue weighted by molar-refractivity contribution is 7.80. The molecule has 0 aliphatic carbocycles. The topological polar surface area (TPSA) is 67.2 Å². The highest BCUT2D eigenvalue weighted by Crippen LogP contribution is 2.15. The maximum Gasteiger partial charge on any atom is 0.248 e. The van der Waals surface area contributed by atoms with E-state index < -0.39 is 17.5 Å². The highest BCUT2D eigenvalue weighted by Gasteiger charge is 2.07. The molecule has 0 fully saturated rings. The Morgan fingerprint density at radius 1 is 1.21 bits per heavy atom. The number of primary amides is 1. The average molecular weight is 349 g/mol. The quantitative estimate of drug-likeness (QED) is 0.726. The largest absolute Gasteiger partial charge is 0.366 e. The van der Waals surface area contributed by atoms with Gasteiger partial charge in [0, 0.05) is 23.9 Å². The first-order valence-corrected chi connectivity index (χ1v) is 7.67. The molecule has 2 aromatic rings. The fourth-order valence-electron chi connectivity index (χ4n) is 2.16. The van der Waals surface area contributed by atoms with Crippen molar-refractivity contribution in [2.24, 2.45) is 5.73 Å². The maximum absolute atomic E-state index is 13.5. The first-order valence-electron chi connectivity index (χ1n) is 7.26. The number of carbonyl (C=O) groups excluding carboxylic acids is 1. The van der Waals surface area contributed by atoms with Gasteiger partial charge in [0.15, 0.2) is 5.11 Å². The first kappa shape index (κ1) is 17.8. The maximum atomic E-state index is 13.5. The number of carbonyl (C=O) groups is 1. The van der Waals surface area contributed by atoms with Crippen LogP contribution in [0.4, 0.5) is 14.5 Å². The van der Waals surface area contributed by atoms with Gasteiger partial charge < -0.3 is 16.4 Å². The Morgan fingerprint density at radius 2 is 1.88 bits per heavy atom. The third-order valence-electron chi connectivity index (χ3n) is 3.52. The number of nitrogens with two attached hydrogens (primary N) is 1. The van der Waals surface area contributed by atoms with Gasteiger partial charge in [-0.15, -0.1) is 0 Å². The molecule has 0 aromatic heterocycles. The van der Waals surface area contributed by atoms with E-state index in [2.05, 4.69) is 10.6 Å². The number of anilines is 1. The van der Waals surface area contributed by atoms with E-state index in [9.17, 15) is 13.6 Å². The fourth-order valence-corrected chi connectivity index (χ4v) is 2.38. The number of thiocarbonyl (C=S) groups is 1. The summed E-state index contributed by atoms with van der Waals surface area (Å²) in [5.74, 6) is -1.65. The molecule has 4 nitrogen and oxygen atoms in total. The molecule has 0 bridgehead atoms. The first-order chi connectivity index (χ1) is 11.4. The molecule has 0 aliphatic heterocycles. The standard InChI is InChI=1S/C17H17F2N3OS/c1-10-12(8-13(18)9-15(10)19)6-7-21-17(24)22-14-4-2-11(3-5-14)16(20)23/h2-5,8-9H,6-7H2,1H3,(H2,20,23)(H2,21,22,24). The van der Waals surface area contributed by atoms with Gasteiger partial charge in [-0.1, -0.05) is 0 Å². The van der Waals surface area contributed by atoms with Crippen LogP contribution < -0.4 is 16.4 Å². The zero-order valence-corrected chi connectivity index (χ0v) is 13.8. The minimum absolute atomic E-state index is 0.372. The molecule has 0 unspecified atom stereocenters. The number of amides is 1.